The molecule has 1 atom stereocenters. The maximum atomic E-state index is 12.0. The molecule has 116 valence electrons. The fourth-order valence-electron chi connectivity index (χ4n) is 2.84. The van der Waals surface area contributed by atoms with E-state index in [0.29, 0.717) is 24.0 Å². The zero-order valence-corrected chi connectivity index (χ0v) is 12.9. The number of amides is 1. The molecule has 0 aromatic heterocycles. The summed E-state index contributed by atoms with van der Waals surface area (Å²) in [6.45, 7) is 5.64. The van der Waals surface area contributed by atoms with Crippen molar-refractivity contribution in [2.75, 3.05) is 38.6 Å². The number of methoxy groups -OCH3 is 1. The van der Waals surface area contributed by atoms with Gasteiger partial charge in [0.05, 0.1) is 19.3 Å². The van der Waals surface area contributed by atoms with Gasteiger partial charge in [-0.1, -0.05) is 19.1 Å². The van der Waals surface area contributed by atoms with Crippen molar-refractivity contribution in [3.8, 4) is 5.75 Å². The van der Waals surface area contributed by atoms with E-state index in [9.17, 15) is 4.79 Å². The molecular formula is C16H25N3O2. The number of benzene rings is 1. The monoisotopic (exact) mass is 291 g/mol. The zero-order valence-electron chi connectivity index (χ0n) is 12.9. The van der Waals surface area contributed by atoms with Gasteiger partial charge in [-0.3, -0.25) is 9.69 Å². The zero-order chi connectivity index (χ0) is 15.1. The van der Waals surface area contributed by atoms with Crippen molar-refractivity contribution in [3.05, 3.63) is 24.3 Å². The smallest absolute Gasteiger partial charge is 0.238 e. The number of hydrogen-bond donors (Lipinski definition) is 2. The first kappa shape index (κ1) is 15.8. The third kappa shape index (κ3) is 4.44. The lowest BCUT2D eigenvalue weighted by Crippen LogP contribution is -2.40. The largest absolute Gasteiger partial charge is 0.495 e. The molecule has 21 heavy (non-hydrogen) atoms. The predicted molar refractivity (Wildman–Crippen MR) is 84.8 cm³/mol. The third-order valence-electron chi connectivity index (χ3n) is 3.95. The van der Waals surface area contributed by atoms with E-state index in [1.165, 1.54) is 19.4 Å². The molecule has 1 aliphatic rings. The highest BCUT2D eigenvalue weighted by molar-refractivity contribution is 5.93. The lowest BCUT2D eigenvalue weighted by atomic mass is 10.2. The van der Waals surface area contributed by atoms with Gasteiger partial charge in [0.15, 0.2) is 0 Å². The number of hydrogen-bond acceptors (Lipinski definition) is 4. The molecule has 0 aliphatic carbocycles. The quantitative estimate of drug-likeness (QED) is 0.803. The molecular weight excluding hydrogens is 266 g/mol. The van der Waals surface area contributed by atoms with E-state index < -0.39 is 0 Å². The molecule has 1 saturated heterocycles. The van der Waals surface area contributed by atoms with Gasteiger partial charge in [-0.25, -0.2) is 0 Å². The van der Waals surface area contributed by atoms with Gasteiger partial charge in [-0.15, -0.1) is 0 Å². The normalized spacial score (nSPS) is 18.7. The Kier molecular flexibility index (Phi) is 6.02. The molecule has 0 radical (unpaired) electrons. The van der Waals surface area contributed by atoms with E-state index >= 15 is 0 Å². The molecule has 1 unspecified atom stereocenters. The van der Waals surface area contributed by atoms with Gasteiger partial charge in [-0.05, 0) is 38.1 Å². The summed E-state index contributed by atoms with van der Waals surface area (Å²) in [6, 6.07) is 8.00. The van der Waals surface area contributed by atoms with Crippen LogP contribution in [0.3, 0.4) is 0 Å². The Morgan fingerprint density at radius 3 is 3.00 bits per heavy atom. The van der Waals surface area contributed by atoms with E-state index in [1.54, 1.807) is 7.11 Å². The second kappa shape index (κ2) is 8.00. The summed E-state index contributed by atoms with van der Waals surface area (Å²) in [4.78, 5) is 14.4. The lowest BCUT2D eigenvalue weighted by molar-refractivity contribution is -0.115. The van der Waals surface area contributed by atoms with Crippen molar-refractivity contribution in [3.63, 3.8) is 0 Å². The maximum Gasteiger partial charge on any atom is 0.238 e. The van der Waals surface area contributed by atoms with Gasteiger partial charge in [0.2, 0.25) is 5.91 Å². The van der Waals surface area contributed by atoms with Crippen molar-refractivity contribution in [1.29, 1.82) is 0 Å². The van der Waals surface area contributed by atoms with E-state index in [-0.39, 0.29) is 5.91 Å². The Hall–Kier alpha value is -1.59. The molecule has 0 saturated carbocycles. The molecule has 2 N–H and O–H groups in total. The van der Waals surface area contributed by atoms with Gasteiger partial charge in [0, 0.05) is 12.6 Å². The van der Waals surface area contributed by atoms with Crippen LogP contribution in [0.15, 0.2) is 24.3 Å². The van der Waals surface area contributed by atoms with E-state index in [4.69, 9.17) is 4.74 Å². The van der Waals surface area contributed by atoms with Crippen LogP contribution in [0.4, 0.5) is 5.69 Å². The average molecular weight is 291 g/mol. The number of nitrogens with zero attached hydrogens (tertiary/aromatic N) is 1. The van der Waals surface area contributed by atoms with Crippen LogP contribution in [0.1, 0.15) is 19.8 Å². The average Bonchev–Trinajstić information content (AvgIpc) is 2.95. The number of carbonyl (C=O) groups excluding carboxylic acids is 1. The second-order valence-corrected chi connectivity index (χ2v) is 5.30. The van der Waals surface area contributed by atoms with Gasteiger partial charge in [0.1, 0.15) is 5.75 Å². The van der Waals surface area contributed by atoms with E-state index in [2.05, 4.69) is 22.5 Å². The van der Waals surface area contributed by atoms with Crippen LogP contribution in [0.5, 0.6) is 5.75 Å². The standard InChI is InChI=1S/C16H25N3O2/c1-3-19-10-6-7-13(19)11-17-12-16(20)18-14-8-4-5-9-15(14)21-2/h4-5,8-9,13,17H,3,6-7,10-12H2,1-2H3,(H,18,20). The molecule has 5 heteroatoms. The summed E-state index contributed by atoms with van der Waals surface area (Å²) in [5, 5.41) is 6.13. The minimum absolute atomic E-state index is 0.0412. The summed E-state index contributed by atoms with van der Waals surface area (Å²) in [5.74, 6) is 0.638. The van der Waals surface area contributed by atoms with Crippen molar-refractivity contribution in [2.45, 2.75) is 25.8 Å². The van der Waals surface area contributed by atoms with Crippen LogP contribution in [0.25, 0.3) is 0 Å². The Morgan fingerprint density at radius 2 is 2.24 bits per heavy atom. The molecule has 5 nitrogen and oxygen atoms in total. The topological polar surface area (TPSA) is 53.6 Å². The third-order valence-corrected chi connectivity index (χ3v) is 3.95. The summed E-state index contributed by atoms with van der Waals surface area (Å²) in [7, 11) is 1.60. The van der Waals surface area contributed by atoms with Crippen molar-refractivity contribution in [2.24, 2.45) is 0 Å². The molecule has 1 heterocycles. The molecule has 1 aromatic carbocycles. The summed E-state index contributed by atoms with van der Waals surface area (Å²) < 4.78 is 5.22. The highest BCUT2D eigenvalue weighted by atomic mass is 16.5. The first-order valence-electron chi connectivity index (χ1n) is 7.62. The molecule has 0 bridgehead atoms. The lowest BCUT2D eigenvalue weighted by Gasteiger charge is -2.22. The molecule has 1 aromatic rings. The highest BCUT2D eigenvalue weighted by Gasteiger charge is 2.22. The summed E-state index contributed by atoms with van der Waals surface area (Å²) in [5.41, 5.74) is 0.711. The first-order valence-corrected chi connectivity index (χ1v) is 7.62. The van der Waals surface area contributed by atoms with Crippen LogP contribution in [-0.2, 0) is 4.79 Å². The SMILES string of the molecule is CCN1CCCC1CNCC(=O)Nc1ccccc1OC. The van der Waals surface area contributed by atoms with Crippen molar-refractivity contribution >= 4 is 11.6 Å². The summed E-state index contributed by atoms with van der Waals surface area (Å²) >= 11 is 0. The fourth-order valence-corrected chi connectivity index (χ4v) is 2.84. The summed E-state index contributed by atoms with van der Waals surface area (Å²) in [6.07, 6.45) is 2.47. The maximum absolute atomic E-state index is 12.0. The highest BCUT2D eigenvalue weighted by Crippen LogP contribution is 2.22. The van der Waals surface area contributed by atoms with Gasteiger partial charge in [0.25, 0.3) is 0 Å². The van der Waals surface area contributed by atoms with E-state index in [1.807, 2.05) is 24.3 Å². The van der Waals surface area contributed by atoms with Crippen molar-refractivity contribution in [1.82, 2.24) is 10.2 Å². The van der Waals surface area contributed by atoms with Crippen LogP contribution in [0.2, 0.25) is 0 Å². The van der Waals surface area contributed by atoms with Crippen LogP contribution < -0.4 is 15.4 Å². The van der Waals surface area contributed by atoms with Gasteiger partial charge >= 0.3 is 0 Å². The second-order valence-electron chi connectivity index (χ2n) is 5.30. The number of likely N-dealkylation sites (N-methyl/N-ethyl adjacent to an activating group) is 1. The fraction of sp³-hybridized carbons (Fsp3) is 0.562. The van der Waals surface area contributed by atoms with Gasteiger partial charge < -0.3 is 15.4 Å². The molecule has 1 aliphatic heterocycles. The minimum atomic E-state index is -0.0412. The number of para-hydroxylation sites is 2. The predicted octanol–water partition coefficient (Wildman–Crippen LogP) is 1.71. The number of anilines is 1. The Balaban J connectivity index is 1.75. The number of ether oxygens (including phenoxy) is 1. The van der Waals surface area contributed by atoms with E-state index in [0.717, 1.165) is 13.1 Å². The van der Waals surface area contributed by atoms with Crippen molar-refractivity contribution < 1.29 is 9.53 Å². The number of carbonyl (C=O) groups is 1. The van der Waals surface area contributed by atoms with Crippen LogP contribution in [0, 0.1) is 0 Å². The van der Waals surface area contributed by atoms with Gasteiger partial charge in [-0.2, -0.15) is 0 Å². The number of nitrogens with one attached hydrogen (secondary N) is 2. The Labute approximate surface area is 126 Å². The molecule has 2 rings (SSSR count). The number of likely N-dealkylation sites (tertiary alicyclic amines) is 1. The minimum Gasteiger partial charge on any atom is -0.495 e. The number of rotatable bonds is 7. The molecule has 1 amide bonds. The van der Waals surface area contributed by atoms with Crippen LogP contribution >= 0.6 is 0 Å². The molecule has 1 fully saturated rings. The Morgan fingerprint density at radius 1 is 1.43 bits per heavy atom. The Bertz CT molecular complexity index is 465. The first-order chi connectivity index (χ1) is 10.2. The molecule has 0 spiro atoms. The van der Waals surface area contributed by atoms with Crippen LogP contribution in [-0.4, -0.2) is 50.1 Å².